The second-order valence-electron chi connectivity index (χ2n) is 18.8. The highest BCUT2D eigenvalue weighted by atomic mass is 31.2. The van der Waals surface area contributed by atoms with Crippen LogP contribution in [0.2, 0.25) is 0 Å². The molecule has 0 aliphatic heterocycles. The highest BCUT2D eigenvalue weighted by molar-refractivity contribution is 7.45. The highest BCUT2D eigenvalue weighted by Gasteiger charge is 2.23. The Morgan fingerprint density at radius 3 is 1.37 bits per heavy atom. The van der Waals surface area contributed by atoms with Crippen molar-refractivity contribution in [3.8, 4) is 0 Å². The average molecular weight is 965 g/mol. The van der Waals surface area contributed by atoms with E-state index in [0.717, 1.165) is 83.5 Å². The topological polar surface area (TPSA) is 108 Å². The number of hydrogen-bond acceptors (Lipinski definition) is 6. The number of nitrogens with one attached hydrogen (secondary N) is 1. The summed E-state index contributed by atoms with van der Waals surface area (Å²) in [4.78, 5) is 25.4. The second-order valence-corrected chi connectivity index (χ2v) is 20.2. The molecule has 1 amide bonds. The molecule has 0 fully saturated rings. The van der Waals surface area contributed by atoms with Crippen molar-refractivity contribution in [3.63, 3.8) is 0 Å². The number of amides is 1. The van der Waals surface area contributed by atoms with Crippen LogP contribution in [0.25, 0.3) is 0 Å². The number of carbonyl (C=O) groups is 1. The molecule has 0 aromatic rings. The molecule has 0 spiro atoms. The Hall–Kier alpha value is -3.10. The smallest absolute Gasteiger partial charge is 0.268 e. The molecule has 0 aliphatic carbocycles. The second kappa shape index (κ2) is 48.9. The number of aliphatic hydroxyl groups is 1. The first-order chi connectivity index (χ1) is 33.0. The van der Waals surface area contributed by atoms with Crippen LogP contribution in [-0.4, -0.2) is 68.5 Å². The number of hydrogen-bond donors (Lipinski definition) is 2. The summed E-state index contributed by atoms with van der Waals surface area (Å²) in [5, 5.41) is 13.8. The molecule has 8 nitrogen and oxygen atoms in total. The zero-order valence-electron chi connectivity index (χ0n) is 44.0. The summed E-state index contributed by atoms with van der Waals surface area (Å²) in [7, 11) is 1.19. The fourth-order valence-corrected chi connectivity index (χ4v) is 7.65. The minimum Gasteiger partial charge on any atom is -0.756 e. The van der Waals surface area contributed by atoms with E-state index < -0.39 is 26.6 Å². The molecule has 2 N–H and O–H groups in total. The quantitative estimate of drug-likeness (QED) is 0.0272. The van der Waals surface area contributed by atoms with Gasteiger partial charge in [-0.15, -0.1) is 0 Å². The molecule has 0 radical (unpaired) electrons. The summed E-state index contributed by atoms with van der Waals surface area (Å²) in [5.74, 6) is -0.248. The lowest BCUT2D eigenvalue weighted by Crippen LogP contribution is -2.45. The van der Waals surface area contributed by atoms with Crippen molar-refractivity contribution in [2.24, 2.45) is 0 Å². The van der Waals surface area contributed by atoms with E-state index in [1.54, 1.807) is 6.08 Å². The van der Waals surface area contributed by atoms with Gasteiger partial charge in [-0.2, -0.15) is 0 Å². The summed E-state index contributed by atoms with van der Waals surface area (Å²) in [5.41, 5.74) is 0. The van der Waals surface area contributed by atoms with Gasteiger partial charge in [0, 0.05) is 6.42 Å². The third-order valence-corrected chi connectivity index (χ3v) is 12.1. The van der Waals surface area contributed by atoms with E-state index in [1.807, 2.05) is 27.2 Å². The van der Waals surface area contributed by atoms with Crippen molar-refractivity contribution in [3.05, 3.63) is 122 Å². The average Bonchev–Trinajstić information content (AvgIpc) is 3.30. The van der Waals surface area contributed by atoms with Gasteiger partial charge in [0.2, 0.25) is 5.91 Å². The molecule has 0 saturated carbocycles. The molecule has 388 valence electrons. The first-order valence-corrected chi connectivity index (χ1v) is 28.4. The highest BCUT2D eigenvalue weighted by Crippen LogP contribution is 2.38. The lowest BCUT2D eigenvalue weighted by molar-refractivity contribution is -0.870. The number of carbonyl (C=O) groups excluding carboxylic acids is 1. The van der Waals surface area contributed by atoms with E-state index in [1.165, 1.54) is 77.0 Å². The molecule has 0 heterocycles. The van der Waals surface area contributed by atoms with Crippen molar-refractivity contribution in [2.45, 2.75) is 206 Å². The van der Waals surface area contributed by atoms with Gasteiger partial charge in [0.15, 0.2) is 0 Å². The van der Waals surface area contributed by atoms with E-state index in [-0.39, 0.29) is 18.9 Å². The molecule has 0 rings (SSSR count). The predicted octanol–water partition coefficient (Wildman–Crippen LogP) is 15.6. The fourth-order valence-electron chi connectivity index (χ4n) is 6.93. The normalized spacial score (nSPS) is 15.0. The first-order valence-electron chi connectivity index (χ1n) is 26.9. The number of quaternary nitrogens is 1. The molecule has 0 aromatic carbocycles. The van der Waals surface area contributed by atoms with E-state index >= 15 is 0 Å². The molecule has 0 aromatic heterocycles. The molecule has 0 saturated heterocycles. The van der Waals surface area contributed by atoms with Crippen molar-refractivity contribution in [1.82, 2.24) is 5.32 Å². The van der Waals surface area contributed by atoms with E-state index in [9.17, 15) is 19.4 Å². The Balaban J connectivity index is 4.47. The van der Waals surface area contributed by atoms with Crippen LogP contribution in [0, 0.1) is 0 Å². The summed E-state index contributed by atoms with van der Waals surface area (Å²) in [6.07, 6.45) is 72.7. The van der Waals surface area contributed by atoms with Crippen molar-refractivity contribution in [1.29, 1.82) is 0 Å². The minimum absolute atomic E-state index is 0.0231. The number of likely N-dealkylation sites (N-methyl/N-ethyl adjacent to an activating group) is 1. The van der Waals surface area contributed by atoms with Crippen LogP contribution in [0.4, 0.5) is 0 Å². The summed E-state index contributed by atoms with van der Waals surface area (Å²) in [6.45, 7) is 4.46. The maximum atomic E-state index is 12.9. The Bertz CT molecular complexity index is 1510. The fraction of sp³-hybridized carbons (Fsp3) is 0.644. The van der Waals surface area contributed by atoms with Crippen LogP contribution in [0.15, 0.2) is 122 Å². The Kier molecular flexibility index (Phi) is 46.7. The third-order valence-electron chi connectivity index (χ3n) is 11.1. The Labute approximate surface area is 418 Å². The zero-order chi connectivity index (χ0) is 49.9. The largest absolute Gasteiger partial charge is 0.756 e. The number of phosphoric ester groups is 1. The molecule has 0 bridgehead atoms. The maximum absolute atomic E-state index is 12.9. The minimum atomic E-state index is -4.63. The van der Waals surface area contributed by atoms with Gasteiger partial charge in [-0.05, 0) is 103 Å². The van der Waals surface area contributed by atoms with E-state index in [0.29, 0.717) is 23.9 Å². The summed E-state index contributed by atoms with van der Waals surface area (Å²) >= 11 is 0. The first kappa shape index (κ1) is 64.9. The molecule has 9 heteroatoms. The SMILES string of the molecule is CC/C=C\C/C=C\C/C=C\C/C=C\C/C=C\C/C=C\C/C=C\CCCCCC(=O)NC(COP(=O)([O-])OCC[N+](C)(C)C)C(O)/C=C/CC/C=C/CC/C=C/CCCCCCCCCCCCC. The van der Waals surface area contributed by atoms with Gasteiger partial charge in [-0.1, -0.05) is 206 Å². The molecule has 3 unspecified atom stereocenters. The molecular weight excluding hydrogens is 864 g/mol. The zero-order valence-corrected chi connectivity index (χ0v) is 44.9. The van der Waals surface area contributed by atoms with Crippen LogP contribution in [0.1, 0.15) is 194 Å². The van der Waals surface area contributed by atoms with Crippen LogP contribution < -0.4 is 10.2 Å². The van der Waals surface area contributed by atoms with Gasteiger partial charge in [-0.25, -0.2) is 0 Å². The third kappa shape index (κ3) is 50.8. The lowest BCUT2D eigenvalue weighted by atomic mass is 10.1. The monoisotopic (exact) mass is 965 g/mol. The standard InChI is InChI=1S/C59H101N2O6P/c1-6-8-10-12-14-16-18-20-22-24-26-28-29-30-31-33-35-37-39-41-43-45-47-49-51-53-59(63)60-57(56-67-68(64,65)66-55-54-61(3,4)5)58(62)52-50-48-46-44-42-40-38-36-34-32-27-25-23-21-19-17-15-13-11-9-7-2/h8,10,14,16,20,22,26,28,30-31,34-37,41-44,50,52,57-58,62H,6-7,9,11-13,15,17-19,21,23-25,27,29,32-33,38-40,45-49,51,53-56H2,1-5H3,(H-,60,63,64,65)/b10-8-,16-14-,22-20-,28-26-,31-30-,36-34+,37-35-,43-41-,44-42+,52-50+. The number of allylic oxidation sites excluding steroid dienone is 19. The maximum Gasteiger partial charge on any atom is 0.268 e. The number of nitrogens with zero attached hydrogens (tertiary/aromatic N) is 1. The van der Waals surface area contributed by atoms with Gasteiger partial charge >= 0.3 is 0 Å². The van der Waals surface area contributed by atoms with Crippen molar-refractivity contribution < 1.29 is 32.9 Å². The van der Waals surface area contributed by atoms with Gasteiger partial charge in [0.1, 0.15) is 13.2 Å². The number of rotatable bonds is 47. The van der Waals surface area contributed by atoms with Crippen LogP contribution in [0.3, 0.4) is 0 Å². The molecular formula is C59H101N2O6P. The van der Waals surface area contributed by atoms with E-state index in [4.69, 9.17) is 9.05 Å². The van der Waals surface area contributed by atoms with Crippen LogP contribution in [-0.2, 0) is 18.4 Å². The predicted molar refractivity (Wildman–Crippen MR) is 292 cm³/mol. The number of aliphatic hydroxyl groups excluding tert-OH is 1. The molecule has 68 heavy (non-hydrogen) atoms. The summed E-state index contributed by atoms with van der Waals surface area (Å²) < 4.78 is 23.3. The number of unbranched alkanes of at least 4 members (excludes halogenated alkanes) is 16. The van der Waals surface area contributed by atoms with Gasteiger partial charge in [-0.3, -0.25) is 9.36 Å². The van der Waals surface area contributed by atoms with Gasteiger partial charge < -0.3 is 28.8 Å². The Morgan fingerprint density at radius 2 is 0.912 bits per heavy atom. The lowest BCUT2D eigenvalue weighted by Gasteiger charge is -2.29. The van der Waals surface area contributed by atoms with Gasteiger partial charge in [0.25, 0.3) is 7.82 Å². The van der Waals surface area contributed by atoms with Crippen molar-refractivity contribution in [2.75, 3.05) is 40.9 Å². The molecule has 0 aliphatic rings. The van der Waals surface area contributed by atoms with E-state index in [2.05, 4.69) is 129 Å². The van der Waals surface area contributed by atoms with Crippen molar-refractivity contribution >= 4 is 13.7 Å². The van der Waals surface area contributed by atoms with Crippen LogP contribution >= 0.6 is 7.82 Å². The van der Waals surface area contributed by atoms with Gasteiger partial charge in [0.05, 0.1) is 39.9 Å². The number of phosphoric acid groups is 1. The van der Waals surface area contributed by atoms with Crippen LogP contribution in [0.5, 0.6) is 0 Å². The Morgan fingerprint density at radius 1 is 0.529 bits per heavy atom. The molecule has 3 atom stereocenters. The summed E-state index contributed by atoms with van der Waals surface area (Å²) in [6, 6.07) is -0.938.